The third-order valence-corrected chi connectivity index (χ3v) is 12.6. The Morgan fingerprint density at radius 2 is 1.23 bits per heavy atom. The van der Waals surface area contributed by atoms with Crippen LogP contribution in [0.15, 0.2) is 146 Å². The van der Waals surface area contributed by atoms with E-state index in [1.165, 1.54) is 22.3 Å². The van der Waals surface area contributed by atoms with Crippen LogP contribution in [0, 0.1) is 32.6 Å². The Balaban J connectivity index is 0.00000498. The quantitative estimate of drug-likeness (QED) is 0.155. The number of hydrogen-bond acceptors (Lipinski definition) is 5. The van der Waals surface area contributed by atoms with Gasteiger partial charge in [0, 0.05) is 67.4 Å². The number of pyridine rings is 2. The second kappa shape index (κ2) is 15.8. The van der Waals surface area contributed by atoms with Gasteiger partial charge in [-0.25, -0.2) is 9.97 Å². The molecule has 1 aliphatic rings. The van der Waals surface area contributed by atoms with Gasteiger partial charge in [-0.2, -0.15) is 6.07 Å². The van der Waals surface area contributed by atoms with E-state index in [1.807, 2.05) is 24.5 Å². The molecule has 0 unspecified atom stereocenters. The number of rotatable bonds is 6. The van der Waals surface area contributed by atoms with Crippen LogP contribution in [0.4, 0.5) is 22.9 Å². The van der Waals surface area contributed by atoms with E-state index in [9.17, 15) is 0 Å². The van der Waals surface area contributed by atoms with Gasteiger partial charge in [0.15, 0.2) is 0 Å². The largest absolute Gasteiger partial charge is 0.509 e. The molecule has 4 aromatic heterocycles. The van der Waals surface area contributed by atoms with Gasteiger partial charge in [0.05, 0.1) is 5.69 Å². The normalized spacial score (nSPS) is 13.0. The van der Waals surface area contributed by atoms with Crippen LogP contribution >= 0.6 is 0 Å². The Morgan fingerprint density at radius 1 is 0.554 bits per heavy atom. The smallest absolute Gasteiger partial charge is 0.135 e. The summed E-state index contributed by atoms with van der Waals surface area (Å²) < 4.78 is 11.5. The average Bonchev–Trinajstić information content (AvgIpc) is 3.93. The van der Waals surface area contributed by atoms with Crippen molar-refractivity contribution in [3.05, 3.63) is 187 Å². The maximum absolute atomic E-state index is 7.00. The molecule has 5 heterocycles. The summed E-state index contributed by atoms with van der Waals surface area (Å²) in [6.07, 6.45) is 3.77. The molecule has 65 heavy (non-hydrogen) atoms. The van der Waals surface area contributed by atoms with E-state index in [2.05, 4.69) is 214 Å². The van der Waals surface area contributed by atoms with Crippen LogP contribution < -0.4 is 14.5 Å². The van der Waals surface area contributed by atoms with E-state index in [0.29, 0.717) is 11.5 Å². The third-order valence-electron chi connectivity index (χ3n) is 12.6. The van der Waals surface area contributed by atoms with Crippen LogP contribution in [0.1, 0.15) is 63.8 Å². The molecule has 0 bridgehead atoms. The van der Waals surface area contributed by atoms with Gasteiger partial charge in [0.2, 0.25) is 0 Å². The van der Waals surface area contributed by atoms with Crippen molar-refractivity contribution in [3.8, 4) is 23.0 Å². The topological polar surface area (TPSA) is 51.4 Å². The number of benzene rings is 6. The van der Waals surface area contributed by atoms with E-state index in [0.717, 1.165) is 78.0 Å². The van der Waals surface area contributed by atoms with Crippen LogP contribution in [-0.4, -0.2) is 19.1 Å². The van der Waals surface area contributed by atoms with Gasteiger partial charge < -0.3 is 23.7 Å². The van der Waals surface area contributed by atoms with Crippen molar-refractivity contribution in [2.24, 2.45) is 0 Å². The molecular weight excluding hydrogens is 980 g/mol. The molecule has 7 nitrogen and oxygen atoms in total. The monoisotopic (exact) mass is 1030 g/mol. The number of fused-ring (bicyclic) bond motifs is 7. The predicted molar refractivity (Wildman–Crippen MR) is 263 cm³/mol. The SMILES string of the molecule is Cc1cc(C(C)(C)C)cc(C)c1N1[CH-]N(c2[c-]c(Oc3[c-]c4c(cc3)c3ccccc3n4-c3cc(C(C)(C)C)ccn3)cc3c2c2ccccc2n3-c2ccccc2)c2ncccc21.[Pt]. The van der Waals surface area contributed by atoms with E-state index >= 15 is 0 Å². The zero-order valence-corrected chi connectivity index (χ0v) is 40.1. The van der Waals surface area contributed by atoms with Crippen molar-refractivity contribution >= 4 is 66.5 Å². The fourth-order valence-corrected chi connectivity index (χ4v) is 9.48. The molecule has 6 aromatic carbocycles. The molecule has 326 valence electrons. The van der Waals surface area contributed by atoms with Crippen molar-refractivity contribution in [1.82, 2.24) is 19.1 Å². The summed E-state index contributed by atoms with van der Waals surface area (Å²) in [4.78, 5) is 14.4. The minimum Gasteiger partial charge on any atom is -0.509 e. The van der Waals surface area contributed by atoms with Crippen molar-refractivity contribution < 1.29 is 25.8 Å². The zero-order chi connectivity index (χ0) is 44.1. The van der Waals surface area contributed by atoms with Crippen LogP contribution in [0.2, 0.25) is 0 Å². The molecule has 1 aliphatic heterocycles. The minimum atomic E-state index is -0.0444. The molecule has 0 atom stereocenters. The number of hydrogen-bond donors (Lipinski definition) is 0. The molecule has 0 N–H and O–H groups in total. The molecule has 8 heteroatoms. The number of aryl methyl sites for hydroxylation is 2. The summed E-state index contributed by atoms with van der Waals surface area (Å²) in [7, 11) is 0. The number of ether oxygens (including phenoxy) is 1. The summed E-state index contributed by atoms with van der Waals surface area (Å²) in [5.74, 6) is 2.78. The minimum absolute atomic E-state index is 0. The van der Waals surface area contributed by atoms with Crippen LogP contribution in [0.3, 0.4) is 0 Å². The summed E-state index contributed by atoms with van der Waals surface area (Å²) in [6, 6.07) is 54.5. The molecule has 0 spiro atoms. The van der Waals surface area contributed by atoms with Crippen molar-refractivity contribution in [2.45, 2.75) is 66.2 Å². The maximum atomic E-state index is 7.00. The second-order valence-corrected chi connectivity index (χ2v) is 19.0. The van der Waals surface area contributed by atoms with Gasteiger partial charge >= 0.3 is 0 Å². The molecule has 0 radical (unpaired) electrons. The Bertz CT molecular complexity index is 3440. The Hall–Kier alpha value is -6.69. The molecule has 0 fully saturated rings. The number of anilines is 4. The fraction of sp³-hybridized carbons (Fsp3) is 0.175. The molecule has 0 aliphatic carbocycles. The van der Waals surface area contributed by atoms with Gasteiger partial charge in [-0.15, -0.1) is 36.3 Å². The fourth-order valence-electron chi connectivity index (χ4n) is 9.48. The van der Waals surface area contributed by atoms with Crippen LogP contribution in [-0.2, 0) is 31.9 Å². The Labute approximate surface area is 395 Å². The van der Waals surface area contributed by atoms with Crippen molar-refractivity contribution in [1.29, 1.82) is 0 Å². The summed E-state index contributed by atoms with van der Waals surface area (Å²) in [5.41, 5.74) is 12.9. The maximum Gasteiger partial charge on any atom is 0.135 e. The first-order valence-corrected chi connectivity index (χ1v) is 22.0. The van der Waals surface area contributed by atoms with Gasteiger partial charge in [0.1, 0.15) is 11.6 Å². The van der Waals surface area contributed by atoms with Crippen LogP contribution in [0.25, 0.3) is 55.1 Å². The second-order valence-electron chi connectivity index (χ2n) is 19.0. The van der Waals surface area contributed by atoms with Crippen molar-refractivity contribution in [2.75, 3.05) is 9.80 Å². The first-order valence-electron chi connectivity index (χ1n) is 22.0. The standard InChI is InChI=1S/C57H49N6O.Pt/c1-36-29-39(57(6,7)8)30-37(2)54(36)60-35-61(55-48(60)23-16-27-59-55)50-33-42(34-51-53(50)45-20-13-15-22-47(45)62(51)40-17-10-9-11-18-40)64-41-24-25-44-43-19-12-14-21-46(43)63(49(44)32-41)52-31-38(26-28-58-52)56(3,4)5;/h9-31,34-35H,1-8H3;/q-3;. The zero-order valence-electron chi connectivity index (χ0n) is 37.8. The number of aromatic nitrogens is 4. The van der Waals surface area contributed by atoms with Gasteiger partial charge in [-0.1, -0.05) is 125 Å². The predicted octanol–water partition coefficient (Wildman–Crippen LogP) is 14.7. The summed E-state index contributed by atoms with van der Waals surface area (Å²) in [5, 5.41) is 4.35. The van der Waals surface area contributed by atoms with Gasteiger partial charge in [-0.05, 0) is 112 Å². The Kier molecular flexibility index (Phi) is 10.3. The van der Waals surface area contributed by atoms with Gasteiger partial charge in [0.25, 0.3) is 0 Å². The Morgan fingerprint density at radius 3 is 1.95 bits per heavy atom. The van der Waals surface area contributed by atoms with E-state index in [4.69, 9.17) is 14.7 Å². The molecule has 10 aromatic rings. The third kappa shape index (κ3) is 7.08. The van der Waals surface area contributed by atoms with E-state index < -0.39 is 0 Å². The molecular formula is C57H49N6OPt-3. The van der Waals surface area contributed by atoms with E-state index in [1.54, 1.807) is 0 Å². The molecule has 0 amide bonds. The van der Waals surface area contributed by atoms with Crippen molar-refractivity contribution in [3.63, 3.8) is 0 Å². The molecule has 0 saturated carbocycles. The molecule has 11 rings (SSSR count). The molecule has 0 saturated heterocycles. The number of para-hydroxylation sites is 3. The number of nitrogens with zero attached hydrogens (tertiary/aromatic N) is 6. The first kappa shape index (κ1) is 42.3. The first-order chi connectivity index (χ1) is 30.8. The van der Waals surface area contributed by atoms with E-state index in [-0.39, 0.29) is 31.9 Å². The average molecular weight is 1030 g/mol. The van der Waals surface area contributed by atoms with Crippen LogP contribution in [0.5, 0.6) is 11.5 Å². The summed E-state index contributed by atoms with van der Waals surface area (Å²) >= 11 is 0. The summed E-state index contributed by atoms with van der Waals surface area (Å²) in [6.45, 7) is 20.1. The van der Waals surface area contributed by atoms with Gasteiger partial charge in [-0.3, -0.25) is 0 Å².